The highest BCUT2D eigenvalue weighted by Gasteiger charge is 2.41. The van der Waals surface area contributed by atoms with Crippen molar-refractivity contribution in [3.05, 3.63) is 0 Å². The van der Waals surface area contributed by atoms with Crippen LogP contribution in [0.4, 0.5) is 0 Å². The number of hydrogen-bond acceptors (Lipinski definition) is 3. The highest BCUT2D eigenvalue weighted by atomic mass is 32.2. The Hall–Kier alpha value is -0.0900. The first kappa shape index (κ1) is 13.9. The zero-order valence-corrected chi connectivity index (χ0v) is 12.6. The van der Waals surface area contributed by atoms with Crippen LogP contribution < -0.4 is 5.73 Å². The maximum absolute atomic E-state index is 12.5. The van der Waals surface area contributed by atoms with Gasteiger partial charge in [-0.25, -0.2) is 8.42 Å². The summed E-state index contributed by atoms with van der Waals surface area (Å²) in [5, 5.41) is -0.131. The van der Waals surface area contributed by atoms with Gasteiger partial charge >= 0.3 is 0 Å². The summed E-state index contributed by atoms with van der Waals surface area (Å²) in [7, 11) is -2.90. The van der Waals surface area contributed by atoms with E-state index >= 15 is 0 Å². The van der Waals surface area contributed by atoms with Crippen molar-refractivity contribution in [3.8, 4) is 0 Å². The Labute approximate surface area is 117 Å². The summed E-state index contributed by atoms with van der Waals surface area (Å²) >= 11 is 0. The normalized spacial score (nSPS) is 36.4. The lowest BCUT2D eigenvalue weighted by atomic mass is 9.78. The molecule has 0 heterocycles. The predicted octanol–water partition coefficient (Wildman–Crippen LogP) is 2.35. The minimum atomic E-state index is -2.90. The van der Waals surface area contributed by atoms with E-state index in [1.807, 2.05) is 0 Å². The van der Waals surface area contributed by atoms with Crippen LogP contribution in [0.5, 0.6) is 0 Å². The van der Waals surface area contributed by atoms with Gasteiger partial charge in [0, 0.05) is 0 Å². The molecule has 3 atom stereocenters. The van der Waals surface area contributed by atoms with E-state index < -0.39 is 9.84 Å². The first-order valence-corrected chi connectivity index (χ1v) is 9.71. The molecule has 0 aliphatic heterocycles. The SMILES string of the molecule is NCC1CC(CC2CC2)CCC1S(=O)(=O)CC1CC1. The highest BCUT2D eigenvalue weighted by Crippen LogP contribution is 2.43. The maximum atomic E-state index is 12.5. The molecule has 110 valence electrons. The number of hydrogen-bond donors (Lipinski definition) is 1. The fourth-order valence-corrected chi connectivity index (χ4v) is 6.37. The van der Waals surface area contributed by atoms with E-state index in [0.29, 0.717) is 18.2 Å². The molecular formula is C15H27NO2S. The molecule has 0 aromatic rings. The van der Waals surface area contributed by atoms with Crippen LogP contribution >= 0.6 is 0 Å². The third-order valence-corrected chi connectivity index (χ3v) is 7.79. The molecule has 3 fully saturated rings. The quantitative estimate of drug-likeness (QED) is 0.815. The molecule has 3 unspecified atom stereocenters. The van der Waals surface area contributed by atoms with Crippen LogP contribution in [0.15, 0.2) is 0 Å². The first-order valence-electron chi connectivity index (χ1n) is 8.00. The monoisotopic (exact) mass is 285 g/mol. The molecule has 3 aliphatic carbocycles. The van der Waals surface area contributed by atoms with E-state index in [1.54, 1.807) is 0 Å². The number of sulfone groups is 1. The van der Waals surface area contributed by atoms with Crippen LogP contribution in [0.3, 0.4) is 0 Å². The summed E-state index contributed by atoms with van der Waals surface area (Å²) in [6, 6.07) is 0. The minimum absolute atomic E-state index is 0.131. The van der Waals surface area contributed by atoms with E-state index in [9.17, 15) is 8.42 Å². The van der Waals surface area contributed by atoms with Gasteiger partial charge in [-0.2, -0.15) is 0 Å². The summed E-state index contributed by atoms with van der Waals surface area (Å²) in [4.78, 5) is 0. The molecule has 0 aromatic carbocycles. The van der Waals surface area contributed by atoms with Gasteiger partial charge in [-0.15, -0.1) is 0 Å². The number of rotatable bonds is 6. The topological polar surface area (TPSA) is 60.2 Å². The van der Waals surface area contributed by atoms with Crippen molar-refractivity contribution in [3.63, 3.8) is 0 Å². The molecule has 0 spiro atoms. The molecule has 0 bridgehead atoms. The van der Waals surface area contributed by atoms with Crippen LogP contribution in [0, 0.1) is 23.7 Å². The molecule has 4 heteroatoms. The lowest BCUT2D eigenvalue weighted by Gasteiger charge is -2.35. The summed E-state index contributed by atoms with van der Waals surface area (Å²) in [6.07, 6.45) is 9.39. The Morgan fingerprint density at radius 1 is 0.895 bits per heavy atom. The standard InChI is InChI=1S/C15H27NO2S/c16-9-14-8-13(7-11-1-2-11)5-6-15(14)19(17,18)10-12-3-4-12/h11-15H,1-10,16H2. The third-order valence-electron chi connectivity index (χ3n) is 5.31. The van der Waals surface area contributed by atoms with Gasteiger partial charge in [-0.05, 0) is 68.7 Å². The second-order valence-electron chi connectivity index (χ2n) is 7.17. The fourth-order valence-electron chi connectivity index (χ4n) is 3.83. The van der Waals surface area contributed by atoms with Crippen LogP contribution in [0.25, 0.3) is 0 Å². The Morgan fingerprint density at radius 3 is 2.11 bits per heavy atom. The van der Waals surface area contributed by atoms with Crippen molar-refractivity contribution in [1.82, 2.24) is 0 Å². The van der Waals surface area contributed by atoms with Gasteiger partial charge < -0.3 is 5.73 Å². The van der Waals surface area contributed by atoms with E-state index in [1.165, 1.54) is 19.3 Å². The fraction of sp³-hybridized carbons (Fsp3) is 1.00. The molecule has 3 saturated carbocycles. The summed E-state index contributed by atoms with van der Waals surface area (Å²) < 4.78 is 25.0. The molecule has 3 aliphatic rings. The minimum Gasteiger partial charge on any atom is -0.330 e. The zero-order chi connectivity index (χ0) is 13.5. The molecule has 0 saturated heterocycles. The second-order valence-corrected chi connectivity index (χ2v) is 9.43. The van der Waals surface area contributed by atoms with Crippen molar-refractivity contribution >= 4 is 9.84 Å². The molecular weight excluding hydrogens is 258 g/mol. The Kier molecular flexibility index (Phi) is 3.91. The Balaban J connectivity index is 1.61. The molecule has 0 amide bonds. The first-order chi connectivity index (χ1) is 9.08. The molecule has 2 N–H and O–H groups in total. The van der Waals surface area contributed by atoms with Gasteiger partial charge in [0.15, 0.2) is 9.84 Å². The molecule has 0 aromatic heterocycles. The smallest absolute Gasteiger partial charge is 0.153 e. The second kappa shape index (κ2) is 5.36. The average Bonchev–Trinajstić information content (AvgIpc) is 3.25. The lowest BCUT2D eigenvalue weighted by Crippen LogP contribution is -2.41. The van der Waals surface area contributed by atoms with Gasteiger partial charge in [0.05, 0.1) is 11.0 Å². The van der Waals surface area contributed by atoms with Crippen molar-refractivity contribution in [1.29, 1.82) is 0 Å². The van der Waals surface area contributed by atoms with E-state index in [-0.39, 0.29) is 11.2 Å². The average molecular weight is 285 g/mol. The molecule has 19 heavy (non-hydrogen) atoms. The summed E-state index contributed by atoms with van der Waals surface area (Å²) in [5.74, 6) is 2.81. The van der Waals surface area contributed by atoms with Gasteiger partial charge in [0.2, 0.25) is 0 Å². The lowest BCUT2D eigenvalue weighted by molar-refractivity contribution is 0.253. The van der Waals surface area contributed by atoms with Crippen LogP contribution in [0.2, 0.25) is 0 Å². The predicted molar refractivity (Wildman–Crippen MR) is 77.5 cm³/mol. The van der Waals surface area contributed by atoms with Crippen molar-refractivity contribution in [2.45, 2.75) is 56.6 Å². The van der Waals surface area contributed by atoms with Crippen LogP contribution in [-0.4, -0.2) is 26.0 Å². The van der Waals surface area contributed by atoms with Crippen LogP contribution in [-0.2, 0) is 9.84 Å². The van der Waals surface area contributed by atoms with Gasteiger partial charge in [0.1, 0.15) is 0 Å². The zero-order valence-electron chi connectivity index (χ0n) is 11.8. The van der Waals surface area contributed by atoms with Gasteiger partial charge in [-0.3, -0.25) is 0 Å². The van der Waals surface area contributed by atoms with Crippen molar-refractivity contribution in [2.75, 3.05) is 12.3 Å². The molecule has 3 nitrogen and oxygen atoms in total. The van der Waals surface area contributed by atoms with E-state index in [2.05, 4.69) is 0 Å². The maximum Gasteiger partial charge on any atom is 0.153 e. The Bertz CT molecular complexity index is 412. The molecule has 0 radical (unpaired) electrons. The summed E-state index contributed by atoms with van der Waals surface area (Å²) in [6.45, 7) is 0.551. The van der Waals surface area contributed by atoms with E-state index in [0.717, 1.165) is 43.9 Å². The number of nitrogens with two attached hydrogens (primary N) is 1. The third kappa shape index (κ3) is 3.52. The van der Waals surface area contributed by atoms with Gasteiger partial charge in [-0.1, -0.05) is 12.8 Å². The van der Waals surface area contributed by atoms with Crippen LogP contribution in [0.1, 0.15) is 51.4 Å². The summed E-state index contributed by atoms with van der Waals surface area (Å²) in [5.41, 5.74) is 5.88. The van der Waals surface area contributed by atoms with E-state index in [4.69, 9.17) is 5.73 Å². The molecule has 3 rings (SSSR count). The van der Waals surface area contributed by atoms with Crippen molar-refractivity contribution in [2.24, 2.45) is 29.4 Å². The Morgan fingerprint density at radius 2 is 1.53 bits per heavy atom. The van der Waals surface area contributed by atoms with Crippen molar-refractivity contribution < 1.29 is 8.42 Å². The highest BCUT2D eigenvalue weighted by molar-refractivity contribution is 7.92. The largest absolute Gasteiger partial charge is 0.330 e. The van der Waals surface area contributed by atoms with Gasteiger partial charge in [0.25, 0.3) is 0 Å².